The minimum Gasteiger partial charge on any atom is -0.356 e. The third kappa shape index (κ3) is 7.82. The molecule has 2 atom stereocenters. The Morgan fingerprint density at radius 1 is 0.974 bits per heavy atom. The minimum absolute atomic E-state index is 0.0984. The molecule has 0 aliphatic carbocycles. The van der Waals surface area contributed by atoms with Gasteiger partial charge in [0.05, 0.1) is 11.5 Å². The molecule has 1 amide bonds. The van der Waals surface area contributed by atoms with E-state index in [2.05, 4.69) is 30.7 Å². The third-order valence-electron chi connectivity index (χ3n) is 9.15. The van der Waals surface area contributed by atoms with E-state index in [-0.39, 0.29) is 41.5 Å². The predicted molar refractivity (Wildman–Crippen MR) is 155 cm³/mol. The lowest BCUT2D eigenvalue weighted by Crippen LogP contribution is -2.57. The summed E-state index contributed by atoms with van der Waals surface area (Å²) in [5.41, 5.74) is 0. The quantitative estimate of drug-likeness (QED) is 0.439. The van der Waals surface area contributed by atoms with Crippen molar-refractivity contribution in [1.82, 2.24) is 25.5 Å². The molecule has 5 rings (SSSR count). The van der Waals surface area contributed by atoms with Crippen molar-refractivity contribution in [2.45, 2.75) is 88.8 Å². The fourth-order valence-electron chi connectivity index (χ4n) is 6.91. The molecule has 218 valence electrons. The molecular formula is C28H47N7O3S. The number of carbonyl (C=O) groups excluding carboxylic acids is 1. The van der Waals surface area contributed by atoms with E-state index in [1.54, 1.807) is 0 Å². The summed E-state index contributed by atoms with van der Waals surface area (Å²) in [6.45, 7) is 5.48. The second-order valence-electron chi connectivity index (χ2n) is 11.8. The maximum atomic E-state index is 12.8. The molecule has 0 bridgehead atoms. The number of hydrogen-bond donors (Lipinski definition) is 3. The van der Waals surface area contributed by atoms with Crippen LogP contribution in [0.15, 0.2) is 12.3 Å². The van der Waals surface area contributed by atoms with Gasteiger partial charge in [0.2, 0.25) is 11.9 Å². The van der Waals surface area contributed by atoms with Gasteiger partial charge in [-0.3, -0.25) is 9.69 Å². The third-order valence-corrected chi connectivity index (χ3v) is 10.9. The standard InChI is InChI=1S/C28H47N7O3S/c36-27(22-7-13-29-14-8-22)30-15-9-25-24(6-5-19-35(25)23-11-20-39(37,38)21-12-23)32-28-31-16-10-26(33-28)34-17-3-1-2-4-18-34/h10,16,22-25,29H,1-9,11-15,17-21H2,(H,30,36)(H,31,32,33)/t24-,25+/m0/s1. The van der Waals surface area contributed by atoms with Gasteiger partial charge in [-0.1, -0.05) is 12.8 Å². The van der Waals surface area contributed by atoms with Crippen LogP contribution in [0.3, 0.4) is 0 Å². The summed E-state index contributed by atoms with van der Waals surface area (Å²) in [6.07, 6.45) is 12.9. The summed E-state index contributed by atoms with van der Waals surface area (Å²) in [6, 6.07) is 2.60. The number of anilines is 2. The molecule has 1 aromatic heterocycles. The lowest BCUT2D eigenvalue weighted by molar-refractivity contribution is -0.125. The van der Waals surface area contributed by atoms with Gasteiger partial charge in [0, 0.05) is 49.9 Å². The molecule has 10 nitrogen and oxygen atoms in total. The van der Waals surface area contributed by atoms with Crippen LogP contribution >= 0.6 is 0 Å². The van der Waals surface area contributed by atoms with Crippen LogP contribution in [-0.4, -0.2) is 98.1 Å². The summed E-state index contributed by atoms with van der Waals surface area (Å²) in [7, 11) is -2.92. The number of sulfone groups is 1. The molecule has 4 saturated heterocycles. The molecule has 4 aliphatic rings. The van der Waals surface area contributed by atoms with Crippen LogP contribution in [0.2, 0.25) is 0 Å². The molecule has 0 aromatic carbocycles. The monoisotopic (exact) mass is 561 g/mol. The number of carbonyl (C=O) groups is 1. The van der Waals surface area contributed by atoms with Gasteiger partial charge < -0.3 is 20.9 Å². The number of piperidine rings is 2. The molecule has 4 fully saturated rings. The fourth-order valence-corrected chi connectivity index (χ4v) is 8.38. The molecule has 5 heterocycles. The van der Waals surface area contributed by atoms with Crippen LogP contribution in [0.25, 0.3) is 0 Å². The lowest BCUT2D eigenvalue weighted by atomic mass is 9.90. The van der Waals surface area contributed by atoms with E-state index in [1.165, 1.54) is 25.7 Å². The van der Waals surface area contributed by atoms with Crippen LogP contribution in [0.4, 0.5) is 11.8 Å². The van der Waals surface area contributed by atoms with Crippen molar-refractivity contribution in [2.75, 3.05) is 61.0 Å². The first-order valence-electron chi connectivity index (χ1n) is 15.3. The number of nitrogens with zero attached hydrogens (tertiary/aromatic N) is 4. The van der Waals surface area contributed by atoms with Crippen molar-refractivity contribution in [3.8, 4) is 0 Å². The first kappa shape index (κ1) is 28.5. The fraction of sp³-hybridized carbons (Fsp3) is 0.821. The Bertz CT molecular complexity index is 1030. The predicted octanol–water partition coefficient (Wildman–Crippen LogP) is 2.19. The largest absolute Gasteiger partial charge is 0.356 e. The van der Waals surface area contributed by atoms with Gasteiger partial charge >= 0.3 is 0 Å². The van der Waals surface area contributed by atoms with Crippen LogP contribution < -0.4 is 20.9 Å². The Morgan fingerprint density at radius 3 is 2.46 bits per heavy atom. The van der Waals surface area contributed by atoms with Crippen molar-refractivity contribution in [3.05, 3.63) is 12.3 Å². The minimum atomic E-state index is -2.92. The number of amides is 1. The van der Waals surface area contributed by atoms with Crippen molar-refractivity contribution >= 4 is 27.5 Å². The van der Waals surface area contributed by atoms with E-state index in [9.17, 15) is 13.2 Å². The Kier molecular flexibility index (Phi) is 9.94. The summed E-state index contributed by atoms with van der Waals surface area (Å²) < 4.78 is 24.3. The van der Waals surface area contributed by atoms with Crippen molar-refractivity contribution in [2.24, 2.45) is 5.92 Å². The molecule has 0 radical (unpaired) electrons. The highest BCUT2D eigenvalue weighted by molar-refractivity contribution is 7.91. The summed E-state index contributed by atoms with van der Waals surface area (Å²) in [5, 5.41) is 10.2. The lowest BCUT2D eigenvalue weighted by Gasteiger charge is -2.46. The van der Waals surface area contributed by atoms with Crippen LogP contribution in [0, 0.1) is 5.92 Å². The highest BCUT2D eigenvalue weighted by Crippen LogP contribution is 2.30. The van der Waals surface area contributed by atoms with Crippen molar-refractivity contribution < 1.29 is 13.2 Å². The van der Waals surface area contributed by atoms with Gasteiger partial charge in [0.1, 0.15) is 15.7 Å². The SMILES string of the molecule is O=C(NCC[C@@H]1[C@@H](Nc2nccc(N3CCCCCC3)n2)CCCN1C1CCS(=O)(=O)CC1)C1CCNCC1. The Labute approximate surface area is 234 Å². The molecule has 0 spiro atoms. The second-order valence-corrected chi connectivity index (χ2v) is 14.1. The van der Waals surface area contributed by atoms with Crippen LogP contribution in [-0.2, 0) is 14.6 Å². The highest BCUT2D eigenvalue weighted by Gasteiger charge is 2.38. The van der Waals surface area contributed by atoms with E-state index in [0.29, 0.717) is 25.3 Å². The van der Waals surface area contributed by atoms with Crippen molar-refractivity contribution in [3.63, 3.8) is 0 Å². The molecule has 3 N–H and O–H groups in total. The molecule has 0 saturated carbocycles. The van der Waals surface area contributed by atoms with E-state index in [4.69, 9.17) is 4.98 Å². The first-order valence-corrected chi connectivity index (χ1v) is 17.1. The average molecular weight is 562 g/mol. The van der Waals surface area contributed by atoms with E-state index in [0.717, 1.165) is 70.6 Å². The molecular weight excluding hydrogens is 514 g/mol. The Morgan fingerprint density at radius 2 is 1.72 bits per heavy atom. The van der Waals surface area contributed by atoms with Crippen LogP contribution in [0.5, 0.6) is 0 Å². The van der Waals surface area contributed by atoms with E-state index >= 15 is 0 Å². The number of rotatable bonds is 8. The maximum Gasteiger partial charge on any atom is 0.224 e. The molecule has 4 aliphatic heterocycles. The molecule has 1 aromatic rings. The van der Waals surface area contributed by atoms with Gasteiger partial charge in [-0.05, 0) is 83.5 Å². The topological polar surface area (TPSA) is 120 Å². The molecule has 0 unspecified atom stereocenters. The average Bonchev–Trinajstić information content (AvgIpc) is 3.24. The summed E-state index contributed by atoms with van der Waals surface area (Å²) in [4.78, 5) is 27.2. The zero-order valence-electron chi connectivity index (χ0n) is 23.3. The van der Waals surface area contributed by atoms with Gasteiger partial charge in [-0.25, -0.2) is 13.4 Å². The van der Waals surface area contributed by atoms with Crippen molar-refractivity contribution in [1.29, 1.82) is 0 Å². The van der Waals surface area contributed by atoms with Gasteiger partial charge in [-0.15, -0.1) is 0 Å². The number of nitrogens with one attached hydrogen (secondary N) is 3. The van der Waals surface area contributed by atoms with Gasteiger partial charge in [0.15, 0.2) is 0 Å². The second kappa shape index (κ2) is 13.6. The zero-order valence-corrected chi connectivity index (χ0v) is 24.1. The maximum absolute atomic E-state index is 12.8. The number of hydrogen-bond acceptors (Lipinski definition) is 9. The van der Waals surface area contributed by atoms with E-state index < -0.39 is 9.84 Å². The number of likely N-dealkylation sites (tertiary alicyclic amines) is 1. The van der Waals surface area contributed by atoms with Gasteiger partial charge in [0.25, 0.3) is 0 Å². The Balaban J connectivity index is 1.27. The normalized spacial score (nSPS) is 27.5. The molecule has 11 heteroatoms. The number of aromatic nitrogens is 2. The molecule has 39 heavy (non-hydrogen) atoms. The summed E-state index contributed by atoms with van der Waals surface area (Å²) in [5.74, 6) is 2.46. The summed E-state index contributed by atoms with van der Waals surface area (Å²) >= 11 is 0. The Hall–Kier alpha value is -1.98. The smallest absolute Gasteiger partial charge is 0.224 e. The zero-order chi connectivity index (χ0) is 27.1. The first-order chi connectivity index (χ1) is 19.0. The van der Waals surface area contributed by atoms with Crippen LogP contribution in [0.1, 0.15) is 70.6 Å². The van der Waals surface area contributed by atoms with E-state index in [1.807, 2.05) is 12.3 Å². The highest BCUT2D eigenvalue weighted by atomic mass is 32.2. The van der Waals surface area contributed by atoms with Gasteiger partial charge in [-0.2, -0.15) is 4.98 Å².